The van der Waals surface area contributed by atoms with E-state index >= 15 is 0 Å². The Hall–Kier alpha value is -3.71. The molecule has 0 bridgehead atoms. The minimum Gasteiger partial charge on any atom is -0.348 e. The van der Waals surface area contributed by atoms with E-state index < -0.39 is 10.8 Å². The minimum absolute atomic E-state index is 0.0526. The van der Waals surface area contributed by atoms with E-state index in [4.69, 9.17) is 11.6 Å². The number of rotatable bonds is 6. The van der Waals surface area contributed by atoms with Crippen molar-refractivity contribution in [3.8, 4) is 0 Å². The number of non-ortho nitro benzene ring substituents is 1. The molecule has 2 N–H and O–H groups in total. The number of nitrogens with zero attached hydrogens (tertiary/aromatic N) is 1. The van der Waals surface area contributed by atoms with Crippen molar-refractivity contribution in [2.75, 3.05) is 5.32 Å². The van der Waals surface area contributed by atoms with E-state index in [1.165, 1.54) is 12.1 Å². The van der Waals surface area contributed by atoms with Crippen LogP contribution in [0.2, 0.25) is 5.02 Å². The highest BCUT2D eigenvalue weighted by Crippen LogP contribution is 2.24. The number of nitro benzene ring substituents is 1. The maximum atomic E-state index is 12.7. The topological polar surface area (TPSA) is 101 Å². The normalized spacial score (nSPS) is 10.3. The number of nitrogens with one attached hydrogen (secondary N) is 2. The van der Waals surface area contributed by atoms with Crippen LogP contribution in [0.15, 0.2) is 66.7 Å². The van der Waals surface area contributed by atoms with E-state index in [1.807, 2.05) is 31.2 Å². The maximum Gasteiger partial charge on any atom is 0.270 e. The fourth-order valence-corrected chi connectivity index (χ4v) is 3.12. The molecule has 0 aliphatic heterocycles. The molecular weight excluding hydrogens is 406 g/mol. The fourth-order valence-electron chi connectivity index (χ4n) is 2.86. The molecule has 0 aromatic heterocycles. The molecule has 0 radical (unpaired) electrons. The number of nitro groups is 1. The number of amides is 2. The lowest BCUT2D eigenvalue weighted by molar-refractivity contribution is -0.384. The third-order valence-corrected chi connectivity index (χ3v) is 4.84. The molecule has 3 aromatic rings. The van der Waals surface area contributed by atoms with Crippen LogP contribution in [0.3, 0.4) is 0 Å². The summed E-state index contributed by atoms with van der Waals surface area (Å²) in [5, 5.41) is 16.3. The molecule has 0 atom stereocenters. The predicted octanol–water partition coefficient (Wildman–Crippen LogP) is 4.74. The summed E-state index contributed by atoms with van der Waals surface area (Å²) in [5.41, 5.74) is 2.50. The highest BCUT2D eigenvalue weighted by Gasteiger charge is 2.18. The standard InChI is InChI=1S/C22H18ClN3O4/c1-14-6-2-3-7-15(14)13-24-21(27)18-8-4-5-9-20(18)25-22(28)17-11-10-16(26(29)30)12-19(17)23/h2-12H,13H2,1H3,(H,24,27)(H,25,28). The number of hydrogen-bond acceptors (Lipinski definition) is 4. The van der Waals surface area contributed by atoms with Crippen molar-refractivity contribution in [2.45, 2.75) is 13.5 Å². The summed E-state index contributed by atoms with van der Waals surface area (Å²) in [6.07, 6.45) is 0. The maximum absolute atomic E-state index is 12.7. The molecule has 0 saturated heterocycles. The Morgan fingerprint density at radius 1 is 0.967 bits per heavy atom. The van der Waals surface area contributed by atoms with Crippen LogP contribution in [-0.2, 0) is 6.54 Å². The van der Waals surface area contributed by atoms with Gasteiger partial charge in [0.25, 0.3) is 17.5 Å². The third-order valence-electron chi connectivity index (χ3n) is 4.53. The number of benzene rings is 3. The van der Waals surface area contributed by atoms with Crippen LogP contribution in [0.25, 0.3) is 0 Å². The van der Waals surface area contributed by atoms with E-state index in [9.17, 15) is 19.7 Å². The molecule has 0 saturated carbocycles. The lowest BCUT2D eigenvalue weighted by Crippen LogP contribution is -2.25. The second-order valence-corrected chi connectivity index (χ2v) is 6.94. The van der Waals surface area contributed by atoms with E-state index in [0.29, 0.717) is 12.2 Å². The molecular formula is C22H18ClN3O4. The lowest BCUT2D eigenvalue weighted by atomic mass is 10.1. The monoisotopic (exact) mass is 423 g/mol. The van der Waals surface area contributed by atoms with Gasteiger partial charge in [0.05, 0.1) is 26.8 Å². The van der Waals surface area contributed by atoms with E-state index in [1.54, 1.807) is 24.3 Å². The summed E-state index contributed by atoms with van der Waals surface area (Å²) >= 11 is 6.02. The Kier molecular flexibility index (Phi) is 6.44. The Morgan fingerprint density at radius 2 is 1.67 bits per heavy atom. The van der Waals surface area contributed by atoms with Crippen LogP contribution in [0.1, 0.15) is 31.8 Å². The molecule has 0 aliphatic rings. The molecule has 0 fully saturated rings. The number of para-hydroxylation sites is 1. The summed E-state index contributed by atoms with van der Waals surface area (Å²) in [6, 6.07) is 17.9. The van der Waals surface area contributed by atoms with Gasteiger partial charge in [-0.05, 0) is 36.2 Å². The van der Waals surface area contributed by atoms with Crippen LogP contribution in [-0.4, -0.2) is 16.7 Å². The van der Waals surface area contributed by atoms with Gasteiger partial charge in [-0.15, -0.1) is 0 Å². The number of carbonyl (C=O) groups excluding carboxylic acids is 2. The molecule has 0 heterocycles. The molecule has 0 aliphatic carbocycles. The SMILES string of the molecule is Cc1ccccc1CNC(=O)c1ccccc1NC(=O)c1ccc([N+](=O)[O-])cc1Cl. The first-order chi connectivity index (χ1) is 14.4. The quantitative estimate of drug-likeness (QED) is 0.441. The van der Waals surface area contributed by atoms with Crippen LogP contribution in [0.5, 0.6) is 0 Å². The summed E-state index contributed by atoms with van der Waals surface area (Å²) in [6.45, 7) is 2.31. The van der Waals surface area contributed by atoms with Gasteiger partial charge in [-0.3, -0.25) is 19.7 Å². The number of carbonyl (C=O) groups is 2. The van der Waals surface area contributed by atoms with E-state index in [2.05, 4.69) is 10.6 Å². The Balaban J connectivity index is 1.76. The number of halogens is 1. The third kappa shape index (κ3) is 4.82. The molecule has 152 valence electrons. The molecule has 8 heteroatoms. The first-order valence-corrected chi connectivity index (χ1v) is 9.41. The zero-order valence-corrected chi connectivity index (χ0v) is 16.8. The molecule has 0 spiro atoms. The van der Waals surface area contributed by atoms with Gasteiger partial charge in [-0.25, -0.2) is 0 Å². The molecule has 30 heavy (non-hydrogen) atoms. The highest BCUT2D eigenvalue weighted by atomic mass is 35.5. The summed E-state index contributed by atoms with van der Waals surface area (Å²) < 4.78 is 0. The van der Waals surface area contributed by atoms with Gasteiger partial charge >= 0.3 is 0 Å². The highest BCUT2D eigenvalue weighted by molar-refractivity contribution is 6.34. The van der Waals surface area contributed by atoms with Gasteiger partial charge in [0.2, 0.25) is 0 Å². The van der Waals surface area contributed by atoms with Crippen LogP contribution < -0.4 is 10.6 Å². The van der Waals surface area contributed by atoms with Crippen molar-refractivity contribution in [2.24, 2.45) is 0 Å². The van der Waals surface area contributed by atoms with Gasteiger partial charge in [-0.1, -0.05) is 48.0 Å². The van der Waals surface area contributed by atoms with Crippen LogP contribution >= 0.6 is 11.6 Å². The fraction of sp³-hybridized carbons (Fsp3) is 0.0909. The van der Waals surface area contributed by atoms with E-state index in [-0.39, 0.29) is 27.7 Å². The van der Waals surface area contributed by atoms with Crippen molar-refractivity contribution < 1.29 is 14.5 Å². The first kappa shape index (κ1) is 21.0. The molecule has 7 nitrogen and oxygen atoms in total. The zero-order chi connectivity index (χ0) is 21.7. The molecule has 3 rings (SSSR count). The number of anilines is 1. The Bertz CT molecular complexity index is 1130. The summed E-state index contributed by atoms with van der Waals surface area (Å²) in [5.74, 6) is -0.919. The average molecular weight is 424 g/mol. The van der Waals surface area contributed by atoms with E-state index in [0.717, 1.165) is 17.2 Å². The van der Waals surface area contributed by atoms with Crippen molar-refractivity contribution in [1.29, 1.82) is 0 Å². The van der Waals surface area contributed by atoms with Gasteiger partial charge in [0, 0.05) is 18.7 Å². The second-order valence-electron chi connectivity index (χ2n) is 6.53. The molecule has 2 amide bonds. The van der Waals surface area contributed by atoms with Gasteiger partial charge < -0.3 is 10.6 Å². The number of hydrogen-bond donors (Lipinski definition) is 2. The lowest BCUT2D eigenvalue weighted by Gasteiger charge is -2.13. The summed E-state index contributed by atoms with van der Waals surface area (Å²) in [7, 11) is 0. The van der Waals surface area contributed by atoms with Crippen molar-refractivity contribution in [1.82, 2.24) is 5.32 Å². The van der Waals surface area contributed by atoms with Crippen LogP contribution in [0, 0.1) is 17.0 Å². The summed E-state index contributed by atoms with van der Waals surface area (Å²) in [4.78, 5) is 35.5. The average Bonchev–Trinajstić information content (AvgIpc) is 2.73. The largest absolute Gasteiger partial charge is 0.348 e. The van der Waals surface area contributed by atoms with Crippen molar-refractivity contribution in [3.05, 3.63) is 104 Å². The minimum atomic E-state index is -0.596. The zero-order valence-electron chi connectivity index (χ0n) is 16.0. The van der Waals surface area contributed by atoms with Gasteiger partial charge in [-0.2, -0.15) is 0 Å². The smallest absolute Gasteiger partial charge is 0.270 e. The van der Waals surface area contributed by atoms with Crippen molar-refractivity contribution >= 4 is 34.8 Å². The van der Waals surface area contributed by atoms with Crippen molar-refractivity contribution in [3.63, 3.8) is 0 Å². The van der Waals surface area contributed by atoms with Crippen LogP contribution in [0.4, 0.5) is 11.4 Å². The van der Waals surface area contributed by atoms with Gasteiger partial charge in [0.15, 0.2) is 0 Å². The Labute approximate surface area is 177 Å². The Morgan fingerprint density at radius 3 is 2.37 bits per heavy atom. The molecule has 0 unspecified atom stereocenters. The van der Waals surface area contributed by atoms with Gasteiger partial charge in [0.1, 0.15) is 0 Å². The number of aryl methyl sites for hydroxylation is 1. The molecule has 3 aromatic carbocycles. The second kappa shape index (κ2) is 9.19. The first-order valence-electron chi connectivity index (χ1n) is 9.04. The predicted molar refractivity (Wildman–Crippen MR) is 115 cm³/mol.